The first-order chi connectivity index (χ1) is 21.8. The van der Waals surface area contributed by atoms with Crippen LogP contribution in [0, 0.1) is 0 Å². The Hall–Kier alpha value is -4.24. The van der Waals surface area contributed by atoms with Crippen LogP contribution in [0.5, 0.6) is 5.75 Å². The van der Waals surface area contributed by atoms with Gasteiger partial charge in [-0.05, 0) is 86.2 Å². The summed E-state index contributed by atoms with van der Waals surface area (Å²) in [5, 5.41) is 21.7. The standard InChI is InChI=1S/C31H30Br2N6O6/c32-24-18-21(19-25(33)28(24)41)20-27(29(42)36-10-3-9-34-11-12-35-13-17-40)45-31(44)38-14-7-23(8-15-38)39-16-6-22-4-1-2-5-26(22)37-30(39)43/h1-2,4-5,9,18-19,23,27,40-41H,6-8,13-17,20H2,(H,37,43)/t27-/m1/s1. The van der Waals surface area contributed by atoms with E-state index in [0.717, 1.165) is 23.9 Å². The molecule has 1 saturated heterocycles. The number of anilines is 1. The molecule has 0 radical (unpaired) electrons. The minimum Gasteiger partial charge on any atom is -0.506 e. The van der Waals surface area contributed by atoms with E-state index in [9.17, 15) is 19.5 Å². The minimum atomic E-state index is -1.29. The summed E-state index contributed by atoms with van der Waals surface area (Å²) in [4.78, 5) is 53.6. The number of aromatic hydroxyl groups is 1. The molecule has 234 valence electrons. The van der Waals surface area contributed by atoms with E-state index in [1.54, 1.807) is 12.1 Å². The highest BCUT2D eigenvalue weighted by Gasteiger charge is 2.33. The molecule has 0 saturated carbocycles. The van der Waals surface area contributed by atoms with Gasteiger partial charge in [0.1, 0.15) is 5.75 Å². The first-order valence-corrected chi connectivity index (χ1v) is 15.7. The number of rotatable bonds is 8. The molecule has 1 atom stereocenters. The summed E-state index contributed by atoms with van der Waals surface area (Å²) in [5.41, 5.74) is 4.95. The first kappa shape index (κ1) is 33.6. The molecule has 1 fully saturated rings. The maximum Gasteiger partial charge on any atom is 0.410 e. The van der Waals surface area contributed by atoms with Crippen molar-refractivity contribution in [2.45, 2.75) is 37.8 Å². The van der Waals surface area contributed by atoms with Crippen molar-refractivity contribution < 1.29 is 29.3 Å². The minimum absolute atomic E-state index is 0.00874. The number of aliphatic hydroxyl groups excluding tert-OH is 1. The molecule has 2 aliphatic rings. The van der Waals surface area contributed by atoms with E-state index in [1.165, 1.54) is 4.90 Å². The van der Waals surface area contributed by atoms with Gasteiger partial charge in [0.15, 0.2) is 6.10 Å². The van der Waals surface area contributed by atoms with E-state index in [1.807, 2.05) is 29.2 Å². The summed E-state index contributed by atoms with van der Waals surface area (Å²) in [7, 11) is 0. The van der Waals surface area contributed by atoms with Gasteiger partial charge in [0.25, 0.3) is 5.91 Å². The monoisotopic (exact) mass is 740 g/mol. The van der Waals surface area contributed by atoms with Gasteiger partial charge < -0.3 is 30.1 Å². The SMILES string of the molecule is O=C(N=C=C=CN=C=C=NCCO)[C@@H](Cc1cc(Br)c(O)c(Br)c1)OC(=O)N1CCC(N2CCc3ccccc3NC2=O)CC1. The molecule has 0 unspecified atom stereocenters. The molecule has 0 bridgehead atoms. The Labute approximate surface area is 276 Å². The van der Waals surface area contributed by atoms with Crippen molar-refractivity contribution in [3.63, 3.8) is 0 Å². The third-order valence-electron chi connectivity index (χ3n) is 7.09. The molecule has 4 amide bonds. The van der Waals surface area contributed by atoms with E-state index in [-0.39, 0.29) is 37.4 Å². The van der Waals surface area contributed by atoms with Crippen molar-refractivity contribution in [2.75, 3.05) is 38.1 Å². The lowest BCUT2D eigenvalue weighted by Crippen LogP contribution is -2.50. The fourth-order valence-electron chi connectivity index (χ4n) is 4.85. The molecule has 0 aromatic heterocycles. The molecular weight excluding hydrogens is 712 g/mol. The number of phenols is 1. The lowest BCUT2D eigenvalue weighted by atomic mass is 10.0. The van der Waals surface area contributed by atoms with E-state index < -0.39 is 18.1 Å². The number of urea groups is 1. The molecule has 3 N–H and O–H groups in total. The largest absolute Gasteiger partial charge is 0.506 e. The third-order valence-corrected chi connectivity index (χ3v) is 8.30. The van der Waals surface area contributed by atoms with Crippen molar-refractivity contribution in [3.8, 4) is 5.75 Å². The number of fused-ring (bicyclic) bond motifs is 1. The van der Waals surface area contributed by atoms with Gasteiger partial charge in [0, 0.05) is 43.7 Å². The van der Waals surface area contributed by atoms with Crippen molar-refractivity contribution in [3.05, 3.63) is 68.4 Å². The second-order valence-electron chi connectivity index (χ2n) is 10.0. The molecule has 2 aliphatic heterocycles. The number of hydrogen-bond donors (Lipinski definition) is 3. The quantitative estimate of drug-likeness (QED) is 0.271. The van der Waals surface area contributed by atoms with Crippen molar-refractivity contribution in [2.24, 2.45) is 15.0 Å². The second-order valence-corrected chi connectivity index (χ2v) is 11.7. The summed E-state index contributed by atoms with van der Waals surface area (Å²) in [6, 6.07) is 10.8. The molecular formula is C31H30Br2N6O6. The van der Waals surface area contributed by atoms with Gasteiger partial charge in [-0.1, -0.05) is 18.2 Å². The molecule has 2 aromatic rings. The first-order valence-electron chi connectivity index (χ1n) is 14.1. The maximum absolute atomic E-state index is 13.2. The van der Waals surface area contributed by atoms with Crippen molar-refractivity contribution in [1.29, 1.82) is 0 Å². The van der Waals surface area contributed by atoms with E-state index in [0.29, 0.717) is 47.0 Å². The highest BCUT2D eigenvalue weighted by atomic mass is 79.9. The van der Waals surface area contributed by atoms with Crippen molar-refractivity contribution in [1.82, 2.24) is 9.80 Å². The highest BCUT2D eigenvalue weighted by Crippen LogP contribution is 2.34. The number of piperidine rings is 1. The van der Waals surface area contributed by atoms with E-state index >= 15 is 0 Å². The number of phenolic OH excluding ortho intramolecular Hbond substituents is 1. The Kier molecular flexibility index (Phi) is 12.5. The Morgan fingerprint density at radius 2 is 1.84 bits per heavy atom. The lowest BCUT2D eigenvalue weighted by Gasteiger charge is -2.37. The normalized spacial score (nSPS) is 15.0. The molecule has 0 spiro atoms. The summed E-state index contributed by atoms with van der Waals surface area (Å²) >= 11 is 6.55. The Balaban J connectivity index is 1.42. The Morgan fingerprint density at radius 1 is 1.11 bits per heavy atom. The summed E-state index contributed by atoms with van der Waals surface area (Å²) in [6.07, 6.45) is 0.989. The molecule has 4 rings (SSSR count). The van der Waals surface area contributed by atoms with Crippen LogP contribution in [0.3, 0.4) is 0 Å². The average molecular weight is 742 g/mol. The smallest absolute Gasteiger partial charge is 0.410 e. The van der Waals surface area contributed by atoms with Gasteiger partial charge >= 0.3 is 12.1 Å². The maximum atomic E-state index is 13.2. The lowest BCUT2D eigenvalue weighted by molar-refractivity contribution is -0.126. The second kappa shape index (κ2) is 16.7. The van der Waals surface area contributed by atoms with Crippen LogP contribution >= 0.6 is 31.9 Å². The van der Waals surface area contributed by atoms with Gasteiger partial charge in [0.2, 0.25) is 0 Å². The molecule has 14 heteroatoms. The van der Waals surface area contributed by atoms with Gasteiger partial charge in [-0.3, -0.25) is 4.79 Å². The van der Waals surface area contributed by atoms with Crippen LogP contribution in [0.2, 0.25) is 0 Å². The predicted molar refractivity (Wildman–Crippen MR) is 175 cm³/mol. The number of amides is 4. The number of benzene rings is 2. The summed E-state index contributed by atoms with van der Waals surface area (Å²) in [6.45, 7) is 1.32. The zero-order chi connectivity index (χ0) is 32.2. The number of ether oxygens (including phenoxy) is 1. The number of nitrogens with zero attached hydrogens (tertiary/aromatic N) is 5. The van der Waals surface area contributed by atoms with Crippen LogP contribution in [-0.2, 0) is 22.4 Å². The van der Waals surface area contributed by atoms with Gasteiger partial charge in [-0.15, -0.1) is 0 Å². The van der Waals surface area contributed by atoms with E-state index in [2.05, 4.69) is 75.5 Å². The number of aliphatic hydroxyl groups is 1. The van der Waals surface area contributed by atoms with Crippen LogP contribution in [0.15, 0.2) is 72.3 Å². The zero-order valence-electron chi connectivity index (χ0n) is 24.1. The number of carbonyl (C=O) groups is 3. The number of carbonyl (C=O) groups excluding carboxylic acids is 3. The predicted octanol–water partition coefficient (Wildman–Crippen LogP) is 4.27. The van der Waals surface area contributed by atoms with Gasteiger partial charge in [-0.2, -0.15) is 9.98 Å². The van der Waals surface area contributed by atoms with Gasteiger partial charge in [0.05, 0.1) is 40.0 Å². The number of nitrogens with one attached hydrogen (secondary N) is 1. The number of para-hydroxylation sites is 1. The molecule has 2 heterocycles. The molecule has 0 aliphatic carbocycles. The van der Waals surface area contributed by atoms with Crippen LogP contribution in [0.4, 0.5) is 15.3 Å². The summed E-state index contributed by atoms with van der Waals surface area (Å²) < 4.78 is 6.45. The van der Waals surface area contributed by atoms with Crippen LogP contribution in [0.25, 0.3) is 0 Å². The zero-order valence-corrected chi connectivity index (χ0v) is 27.3. The fraction of sp³-hybridized carbons (Fsp3) is 0.355. The van der Waals surface area contributed by atoms with Crippen LogP contribution in [0.1, 0.15) is 24.0 Å². The molecule has 12 nitrogen and oxygen atoms in total. The topological polar surface area (TPSA) is 156 Å². The number of likely N-dealkylation sites (tertiary alicyclic amines) is 1. The fourth-order valence-corrected chi connectivity index (χ4v) is 6.13. The average Bonchev–Trinajstić information content (AvgIpc) is 3.20. The van der Waals surface area contributed by atoms with Gasteiger partial charge in [-0.25, -0.2) is 14.6 Å². The number of halogens is 2. The van der Waals surface area contributed by atoms with Crippen LogP contribution in [-0.4, -0.2) is 101 Å². The Bertz CT molecular complexity index is 1610. The number of hydrogen-bond acceptors (Lipinski definition) is 8. The molecule has 45 heavy (non-hydrogen) atoms. The molecule has 2 aromatic carbocycles. The number of aliphatic imine (C=N–C) groups is 3. The highest BCUT2D eigenvalue weighted by molar-refractivity contribution is 9.11. The van der Waals surface area contributed by atoms with Crippen LogP contribution < -0.4 is 5.32 Å². The third kappa shape index (κ3) is 9.62. The Morgan fingerprint density at radius 3 is 2.58 bits per heavy atom. The van der Waals surface area contributed by atoms with E-state index in [4.69, 9.17) is 9.84 Å². The van der Waals surface area contributed by atoms with Crippen molar-refractivity contribution >= 4 is 73.2 Å². The summed E-state index contributed by atoms with van der Waals surface area (Å²) in [5.74, 6) is 6.27.